The number of carbonyl (C=O) groups is 2. The van der Waals surface area contributed by atoms with Gasteiger partial charge in [-0.25, -0.2) is 0 Å². The molecular weight excluding hydrogens is 642 g/mol. The Kier molecular flexibility index (Phi) is 9.29. The molecule has 2 bridgehead atoms. The molecule has 8 heteroatoms. The molecule has 8 atom stereocenters. The van der Waals surface area contributed by atoms with Crippen molar-refractivity contribution < 1.29 is 34.0 Å². The second-order valence-electron chi connectivity index (χ2n) is 16.5. The summed E-state index contributed by atoms with van der Waals surface area (Å²) in [6.07, 6.45) is 12.7. The van der Waals surface area contributed by atoms with Crippen LogP contribution < -0.4 is 9.47 Å². The first kappa shape index (κ1) is 35.9. The molecule has 0 radical (unpaired) electrons. The van der Waals surface area contributed by atoms with Crippen LogP contribution in [0.25, 0.3) is 0 Å². The zero-order valence-electron chi connectivity index (χ0n) is 31.0. The van der Waals surface area contributed by atoms with Crippen molar-refractivity contribution in [2.75, 3.05) is 41.0 Å². The van der Waals surface area contributed by atoms with Crippen molar-refractivity contribution >= 4 is 11.7 Å². The first-order chi connectivity index (χ1) is 24.4. The lowest BCUT2D eigenvalue weighted by atomic mass is 9.32. The zero-order chi connectivity index (χ0) is 36.2. The van der Waals surface area contributed by atoms with Crippen molar-refractivity contribution in [3.63, 3.8) is 0 Å². The quantitative estimate of drug-likeness (QED) is 0.147. The molecule has 2 spiro atoms. The summed E-state index contributed by atoms with van der Waals surface area (Å²) in [6.45, 7) is 5.83. The standard InChI is InChI=1S/C43H55NO7/c1-39-17-14-31(45)26-41(39)20-21-43(32(27-41)38(47)30-10-7-6-8-11-30)35(39)15-18-40(2)36(43)16-19-42(40,48)28-44(22-9-23-49-3)37(46)25-29-12-13-33(50-4)34(24-29)51-5/h6-8,10-13,20-21,24,27,31,35-36,45,48H,9,14-19,22-23,25-26,28H2,1-5H3/t31?,35-,36-,39-,40+,41+,42-,43-/m1/s1. The Labute approximate surface area is 302 Å². The average molecular weight is 698 g/mol. The molecule has 3 saturated carbocycles. The molecule has 0 aliphatic heterocycles. The van der Waals surface area contributed by atoms with E-state index in [0.29, 0.717) is 49.5 Å². The Morgan fingerprint density at radius 2 is 1.59 bits per heavy atom. The number of carbonyl (C=O) groups excluding carboxylic acids is 2. The second kappa shape index (κ2) is 13.2. The fraction of sp³-hybridized carbons (Fsp3) is 0.581. The number of aliphatic hydroxyl groups is 2. The second-order valence-corrected chi connectivity index (χ2v) is 16.5. The molecule has 1 amide bonds. The maximum absolute atomic E-state index is 14.7. The SMILES string of the molecule is COCCCN(C[C@]1(O)CC[C@H]2[C@]34C=C[C@@]5(C=C3C(=O)c3ccccc3)CC(O)CC[C@]5(C)[C@H]4CC[C@@]21C)C(=O)Cc1ccc(OC)c(OC)c1. The number of hydrogen-bond acceptors (Lipinski definition) is 7. The number of ketones is 1. The lowest BCUT2D eigenvalue weighted by molar-refractivity contribution is -0.178. The molecule has 274 valence electrons. The highest BCUT2D eigenvalue weighted by atomic mass is 16.5. The number of Topliss-reactive ketones (excluding diaryl/α,β-unsaturated/α-hetero) is 1. The van der Waals surface area contributed by atoms with Gasteiger partial charge < -0.3 is 29.3 Å². The molecule has 3 fully saturated rings. The van der Waals surface area contributed by atoms with Crippen LogP contribution in [0.3, 0.4) is 0 Å². The number of amides is 1. The number of methoxy groups -OCH3 is 3. The Hall–Kier alpha value is -3.46. The van der Waals surface area contributed by atoms with E-state index < -0.39 is 22.5 Å². The van der Waals surface area contributed by atoms with Crippen LogP contribution in [0.15, 0.2) is 72.3 Å². The molecule has 2 aromatic carbocycles. The van der Waals surface area contributed by atoms with Crippen molar-refractivity contribution in [3.05, 3.63) is 83.5 Å². The van der Waals surface area contributed by atoms with Crippen molar-refractivity contribution in [1.82, 2.24) is 4.90 Å². The van der Waals surface area contributed by atoms with Gasteiger partial charge in [-0.1, -0.05) is 68.5 Å². The van der Waals surface area contributed by atoms with E-state index in [4.69, 9.17) is 14.2 Å². The van der Waals surface area contributed by atoms with Crippen LogP contribution in [0.1, 0.15) is 81.1 Å². The lowest BCUT2D eigenvalue weighted by Gasteiger charge is -2.71. The number of fused-ring (bicyclic) bond motifs is 1. The van der Waals surface area contributed by atoms with Crippen LogP contribution in [-0.2, 0) is 16.0 Å². The summed E-state index contributed by atoms with van der Waals surface area (Å²) in [7, 11) is 4.84. The van der Waals surface area contributed by atoms with Crippen molar-refractivity contribution in [3.8, 4) is 11.5 Å². The molecule has 51 heavy (non-hydrogen) atoms. The predicted octanol–water partition coefficient (Wildman–Crippen LogP) is 6.59. The summed E-state index contributed by atoms with van der Waals surface area (Å²) >= 11 is 0. The van der Waals surface area contributed by atoms with E-state index in [1.54, 1.807) is 21.3 Å². The maximum Gasteiger partial charge on any atom is 0.227 e. The van der Waals surface area contributed by atoms with Crippen LogP contribution in [0.2, 0.25) is 0 Å². The van der Waals surface area contributed by atoms with Gasteiger partial charge in [0.15, 0.2) is 17.3 Å². The minimum absolute atomic E-state index is 0.00710. The molecule has 0 saturated heterocycles. The molecule has 6 aliphatic rings. The van der Waals surface area contributed by atoms with Gasteiger partial charge in [0.2, 0.25) is 5.91 Å². The van der Waals surface area contributed by atoms with E-state index >= 15 is 0 Å². The third kappa shape index (κ3) is 5.42. The van der Waals surface area contributed by atoms with E-state index in [9.17, 15) is 19.8 Å². The lowest BCUT2D eigenvalue weighted by Crippen LogP contribution is -2.67. The average Bonchev–Trinajstić information content (AvgIpc) is 3.41. The van der Waals surface area contributed by atoms with Crippen LogP contribution in [-0.4, -0.2) is 79.5 Å². The summed E-state index contributed by atoms with van der Waals surface area (Å²) in [5, 5.41) is 24.0. The van der Waals surface area contributed by atoms with Gasteiger partial charge in [-0.05, 0) is 86.3 Å². The normalized spacial score (nSPS) is 36.1. The largest absolute Gasteiger partial charge is 0.493 e. The Bertz CT molecular complexity index is 1720. The summed E-state index contributed by atoms with van der Waals surface area (Å²) < 4.78 is 16.3. The van der Waals surface area contributed by atoms with Gasteiger partial charge in [-0.15, -0.1) is 0 Å². The zero-order valence-corrected chi connectivity index (χ0v) is 31.0. The minimum atomic E-state index is -1.15. The predicted molar refractivity (Wildman–Crippen MR) is 196 cm³/mol. The molecule has 8 rings (SSSR count). The van der Waals surface area contributed by atoms with E-state index in [-0.39, 0.29) is 47.3 Å². The fourth-order valence-electron chi connectivity index (χ4n) is 11.6. The molecule has 2 N–H and O–H groups in total. The molecule has 6 aliphatic carbocycles. The number of rotatable bonds is 12. The van der Waals surface area contributed by atoms with Gasteiger partial charge in [0.25, 0.3) is 0 Å². The van der Waals surface area contributed by atoms with Crippen molar-refractivity contribution in [1.29, 1.82) is 0 Å². The van der Waals surface area contributed by atoms with Crippen LogP contribution in [0, 0.1) is 33.5 Å². The van der Waals surface area contributed by atoms with E-state index in [0.717, 1.165) is 43.2 Å². The molecule has 0 heterocycles. The van der Waals surface area contributed by atoms with Gasteiger partial charge in [0.1, 0.15) is 0 Å². The maximum atomic E-state index is 14.7. The highest BCUT2D eigenvalue weighted by molar-refractivity contribution is 6.10. The fourth-order valence-corrected chi connectivity index (χ4v) is 11.6. The Balaban J connectivity index is 1.25. The number of allylic oxidation sites excluding steroid dienone is 4. The molecule has 8 nitrogen and oxygen atoms in total. The number of aliphatic hydroxyl groups excluding tert-OH is 1. The molecule has 2 aromatic rings. The van der Waals surface area contributed by atoms with Gasteiger partial charge in [-0.3, -0.25) is 9.59 Å². The summed E-state index contributed by atoms with van der Waals surface area (Å²) in [5.74, 6) is 1.39. The first-order valence-electron chi connectivity index (χ1n) is 18.8. The van der Waals surface area contributed by atoms with Gasteiger partial charge in [-0.2, -0.15) is 0 Å². The minimum Gasteiger partial charge on any atom is -0.493 e. The summed E-state index contributed by atoms with van der Waals surface area (Å²) in [6, 6.07) is 15.1. The van der Waals surface area contributed by atoms with Crippen molar-refractivity contribution in [2.45, 2.75) is 83.3 Å². The van der Waals surface area contributed by atoms with E-state index in [1.807, 2.05) is 53.4 Å². The molecule has 1 unspecified atom stereocenters. The summed E-state index contributed by atoms with van der Waals surface area (Å²) in [4.78, 5) is 30.7. The topological polar surface area (TPSA) is 106 Å². The van der Waals surface area contributed by atoms with Gasteiger partial charge in [0.05, 0.1) is 32.3 Å². The van der Waals surface area contributed by atoms with Crippen molar-refractivity contribution in [2.24, 2.45) is 33.5 Å². The van der Waals surface area contributed by atoms with Crippen LogP contribution in [0.4, 0.5) is 0 Å². The third-order valence-electron chi connectivity index (χ3n) is 14.4. The summed E-state index contributed by atoms with van der Waals surface area (Å²) in [5.41, 5.74) is -0.397. The highest BCUT2D eigenvalue weighted by Gasteiger charge is 2.74. The monoisotopic (exact) mass is 697 g/mol. The van der Waals surface area contributed by atoms with E-state index in [2.05, 4.69) is 32.1 Å². The number of ether oxygens (including phenoxy) is 3. The highest BCUT2D eigenvalue weighted by Crippen LogP contribution is 2.78. The van der Waals surface area contributed by atoms with Crippen LogP contribution >= 0.6 is 0 Å². The Morgan fingerprint density at radius 1 is 0.882 bits per heavy atom. The molecular formula is C43H55NO7. The van der Waals surface area contributed by atoms with E-state index in [1.165, 1.54) is 0 Å². The van der Waals surface area contributed by atoms with Gasteiger partial charge >= 0.3 is 0 Å². The molecule has 0 aromatic heterocycles. The smallest absolute Gasteiger partial charge is 0.227 e. The first-order valence-corrected chi connectivity index (χ1v) is 18.8. The number of nitrogens with zero attached hydrogens (tertiary/aromatic N) is 1. The number of hydrogen-bond donors (Lipinski definition) is 2. The number of benzene rings is 2. The van der Waals surface area contributed by atoms with Crippen LogP contribution in [0.5, 0.6) is 11.5 Å². The van der Waals surface area contributed by atoms with Gasteiger partial charge in [0, 0.05) is 54.2 Å². The third-order valence-corrected chi connectivity index (χ3v) is 14.4. The Morgan fingerprint density at radius 3 is 2.31 bits per heavy atom.